The zero-order valence-electron chi connectivity index (χ0n) is 12.6. The van der Waals surface area contributed by atoms with Gasteiger partial charge in [0.05, 0.1) is 18.4 Å². The molecular weight excluding hydrogens is 340 g/mol. The van der Waals surface area contributed by atoms with E-state index in [0.29, 0.717) is 16.3 Å². The van der Waals surface area contributed by atoms with Crippen LogP contribution < -0.4 is 5.56 Å². The molecule has 0 aliphatic carbocycles. The molecule has 0 aliphatic heterocycles. The molecular formula is C19H13ClN2OS. The summed E-state index contributed by atoms with van der Waals surface area (Å²) in [5.41, 5.74) is 3.79. The van der Waals surface area contributed by atoms with Gasteiger partial charge in [0.15, 0.2) is 0 Å². The summed E-state index contributed by atoms with van der Waals surface area (Å²) in [5.74, 6) is 0. The van der Waals surface area contributed by atoms with Gasteiger partial charge in [0.25, 0.3) is 5.56 Å². The molecule has 2 aromatic carbocycles. The lowest BCUT2D eigenvalue weighted by molar-refractivity contribution is 0.750. The SMILES string of the molecule is O=c1c2scc(-c3ccccc3)c2ncn1Cc1cccc(Cl)c1. The van der Waals surface area contributed by atoms with E-state index in [-0.39, 0.29) is 5.56 Å². The van der Waals surface area contributed by atoms with Crippen LogP contribution in [0.15, 0.2) is 71.1 Å². The van der Waals surface area contributed by atoms with Crippen molar-refractivity contribution >= 4 is 33.2 Å². The van der Waals surface area contributed by atoms with Crippen molar-refractivity contribution in [3.63, 3.8) is 0 Å². The molecule has 5 heteroatoms. The second kappa shape index (κ2) is 6.23. The van der Waals surface area contributed by atoms with Gasteiger partial charge in [-0.2, -0.15) is 0 Å². The zero-order valence-corrected chi connectivity index (χ0v) is 14.2. The minimum absolute atomic E-state index is 0.0212. The lowest BCUT2D eigenvalue weighted by atomic mass is 10.1. The average molecular weight is 353 g/mol. The van der Waals surface area contributed by atoms with E-state index in [1.807, 2.05) is 60.0 Å². The van der Waals surface area contributed by atoms with Gasteiger partial charge in [-0.15, -0.1) is 11.3 Å². The van der Waals surface area contributed by atoms with E-state index in [1.165, 1.54) is 11.3 Å². The minimum atomic E-state index is -0.0212. The lowest BCUT2D eigenvalue weighted by Gasteiger charge is -2.06. The summed E-state index contributed by atoms with van der Waals surface area (Å²) >= 11 is 7.46. The largest absolute Gasteiger partial charge is 0.294 e. The summed E-state index contributed by atoms with van der Waals surface area (Å²) in [5, 5.41) is 2.66. The molecule has 0 atom stereocenters. The quantitative estimate of drug-likeness (QED) is 0.529. The predicted molar refractivity (Wildman–Crippen MR) is 99.9 cm³/mol. The number of hydrogen-bond donors (Lipinski definition) is 0. The Kier molecular flexibility index (Phi) is 3.92. The summed E-state index contributed by atoms with van der Waals surface area (Å²) < 4.78 is 2.30. The Morgan fingerprint density at radius 3 is 2.71 bits per heavy atom. The molecule has 0 radical (unpaired) electrons. The first-order valence-electron chi connectivity index (χ1n) is 7.49. The van der Waals surface area contributed by atoms with Gasteiger partial charge < -0.3 is 0 Å². The number of benzene rings is 2. The third-order valence-corrected chi connectivity index (χ3v) is 5.07. The number of thiophene rings is 1. The van der Waals surface area contributed by atoms with Crippen LogP contribution in [0.3, 0.4) is 0 Å². The second-order valence-electron chi connectivity index (χ2n) is 5.50. The highest BCUT2D eigenvalue weighted by Crippen LogP contribution is 2.30. The van der Waals surface area contributed by atoms with Crippen molar-refractivity contribution in [3.05, 3.63) is 87.2 Å². The number of aromatic nitrogens is 2. The molecule has 0 N–H and O–H groups in total. The molecule has 2 aromatic heterocycles. The molecule has 0 amide bonds. The number of hydrogen-bond acceptors (Lipinski definition) is 3. The van der Waals surface area contributed by atoms with Crippen molar-refractivity contribution in [1.29, 1.82) is 0 Å². The molecule has 0 saturated carbocycles. The zero-order chi connectivity index (χ0) is 16.5. The molecule has 0 spiro atoms. The van der Waals surface area contributed by atoms with Crippen LogP contribution >= 0.6 is 22.9 Å². The van der Waals surface area contributed by atoms with Crippen molar-refractivity contribution < 1.29 is 0 Å². The highest BCUT2D eigenvalue weighted by Gasteiger charge is 2.12. The molecule has 3 nitrogen and oxygen atoms in total. The minimum Gasteiger partial charge on any atom is -0.294 e. The Labute approximate surface area is 147 Å². The third kappa shape index (κ3) is 2.75. The molecule has 4 aromatic rings. The molecule has 0 aliphatic rings. The van der Waals surface area contributed by atoms with Gasteiger partial charge >= 0.3 is 0 Å². The van der Waals surface area contributed by atoms with E-state index in [1.54, 1.807) is 10.9 Å². The van der Waals surface area contributed by atoms with Crippen LogP contribution in [0.5, 0.6) is 0 Å². The van der Waals surface area contributed by atoms with Crippen LogP contribution in [0.4, 0.5) is 0 Å². The van der Waals surface area contributed by atoms with E-state index in [0.717, 1.165) is 22.2 Å². The van der Waals surface area contributed by atoms with Crippen LogP contribution in [0, 0.1) is 0 Å². The monoisotopic (exact) mass is 352 g/mol. The number of fused-ring (bicyclic) bond motifs is 1. The molecule has 0 bridgehead atoms. The van der Waals surface area contributed by atoms with E-state index in [4.69, 9.17) is 11.6 Å². The number of halogens is 1. The summed E-state index contributed by atoms with van der Waals surface area (Å²) in [4.78, 5) is 17.3. The van der Waals surface area contributed by atoms with E-state index < -0.39 is 0 Å². The Morgan fingerprint density at radius 2 is 1.92 bits per heavy atom. The maximum Gasteiger partial charge on any atom is 0.271 e. The van der Waals surface area contributed by atoms with Gasteiger partial charge in [-0.05, 0) is 23.3 Å². The van der Waals surface area contributed by atoms with E-state index >= 15 is 0 Å². The predicted octanol–water partition coefficient (Wildman–Crippen LogP) is 4.83. The first kappa shape index (κ1) is 15.1. The Morgan fingerprint density at radius 1 is 1.08 bits per heavy atom. The van der Waals surface area contributed by atoms with Crippen molar-refractivity contribution in [2.24, 2.45) is 0 Å². The van der Waals surface area contributed by atoms with Crippen LogP contribution in [-0.2, 0) is 6.54 Å². The van der Waals surface area contributed by atoms with Gasteiger partial charge in [0.1, 0.15) is 4.70 Å². The summed E-state index contributed by atoms with van der Waals surface area (Å²) in [6.45, 7) is 0.459. The Bertz CT molecular complexity index is 1070. The molecule has 2 heterocycles. The van der Waals surface area contributed by atoms with E-state index in [2.05, 4.69) is 4.98 Å². The fourth-order valence-corrected chi connectivity index (χ4v) is 3.90. The third-order valence-electron chi connectivity index (χ3n) is 3.87. The summed E-state index contributed by atoms with van der Waals surface area (Å²) in [7, 11) is 0. The van der Waals surface area contributed by atoms with Crippen LogP contribution in [0.2, 0.25) is 5.02 Å². The molecule has 4 rings (SSSR count). The Hall–Kier alpha value is -2.43. The first-order valence-corrected chi connectivity index (χ1v) is 8.74. The van der Waals surface area contributed by atoms with Crippen LogP contribution in [-0.4, -0.2) is 9.55 Å². The second-order valence-corrected chi connectivity index (χ2v) is 6.82. The molecule has 118 valence electrons. The topological polar surface area (TPSA) is 34.9 Å². The lowest BCUT2D eigenvalue weighted by Crippen LogP contribution is -2.20. The summed E-state index contributed by atoms with van der Waals surface area (Å²) in [6, 6.07) is 17.5. The van der Waals surface area contributed by atoms with Gasteiger partial charge in [-0.25, -0.2) is 4.98 Å². The molecule has 0 unspecified atom stereocenters. The van der Waals surface area contributed by atoms with Gasteiger partial charge in [-0.3, -0.25) is 9.36 Å². The summed E-state index contributed by atoms with van der Waals surface area (Å²) in [6.07, 6.45) is 1.62. The van der Waals surface area contributed by atoms with Gasteiger partial charge in [-0.1, -0.05) is 54.1 Å². The highest BCUT2D eigenvalue weighted by atomic mass is 35.5. The maximum atomic E-state index is 12.8. The van der Waals surface area contributed by atoms with Gasteiger partial charge in [0.2, 0.25) is 0 Å². The average Bonchev–Trinajstić information content (AvgIpc) is 3.03. The Balaban J connectivity index is 1.78. The van der Waals surface area contributed by atoms with Crippen molar-refractivity contribution in [2.75, 3.05) is 0 Å². The number of nitrogens with zero attached hydrogens (tertiary/aromatic N) is 2. The van der Waals surface area contributed by atoms with Gasteiger partial charge in [0, 0.05) is 16.0 Å². The van der Waals surface area contributed by atoms with Crippen molar-refractivity contribution in [3.8, 4) is 11.1 Å². The first-order chi connectivity index (χ1) is 11.7. The van der Waals surface area contributed by atoms with E-state index in [9.17, 15) is 4.79 Å². The van der Waals surface area contributed by atoms with Crippen LogP contribution in [0.1, 0.15) is 5.56 Å². The van der Waals surface area contributed by atoms with Crippen molar-refractivity contribution in [1.82, 2.24) is 9.55 Å². The number of rotatable bonds is 3. The maximum absolute atomic E-state index is 12.8. The molecule has 0 saturated heterocycles. The van der Waals surface area contributed by atoms with Crippen molar-refractivity contribution in [2.45, 2.75) is 6.54 Å². The standard InChI is InChI=1S/C19H13ClN2OS/c20-15-8-4-5-13(9-15)10-22-12-21-17-16(11-24-18(17)19(22)23)14-6-2-1-3-7-14/h1-9,11-12H,10H2. The molecule has 0 fully saturated rings. The van der Waals surface area contributed by atoms with Crippen LogP contribution in [0.25, 0.3) is 21.3 Å². The smallest absolute Gasteiger partial charge is 0.271 e. The fraction of sp³-hybridized carbons (Fsp3) is 0.0526. The highest BCUT2D eigenvalue weighted by molar-refractivity contribution is 7.17. The normalized spacial score (nSPS) is 11.0. The molecule has 24 heavy (non-hydrogen) atoms. The fourth-order valence-electron chi connectivity index (χ4n) is 2.71.